The van der Waals surface area contributed by atoms with E-state index in [4.69, 9.17) is 23.2 Å². The standard InChI is InChI=1S/C13H18Cl2N2/c1-9(2)13-8-17(4-3-16-13)12-6-10(14)5-11(15)7-12/h5-7,9,13,16H,3-4,8H2,1-2H3. The van der Waals surface area contributed by atoms with Gasteiger partial charge in [0.2, 0.25) is 0 Å². The number of piperazine rings is 1. The van der Waals surface area contributed by atoms with E-state index in [1.54, 1.807) is 6.07 Å². The van der Waals surface area contributed by atoms with Crippen molar-refractivity contribution in [1.82, 2.24) is 5.32 Å². The molecule has 1 N–H and O–H groups in total. The highest BCUT2D eigenvalue weighted by Crippen LogP contribution is 2.26. The van der Waals surface area contributed by atoms with Gasteiger partial charge >= 0.3 is 0 Å². The minimum atomic E-state index is 0.529. The highest BCUT2D eigenvalue weighted by atomic mass is 35.5. The van der Waals surface area contributed by atoms with Gasteiger partial charge in [-0.3, -0.25) is 0 Å². The number of rotatable bonds is 2. The Labute approximate surface area is 113 Å². The Balaban J connectivity index is 2.16. The van der Waals surface area contributed by atoms with Gasteiger partial charge in [0, 0.05) is 41.4 Å². The van der Waals surface area contributed by atoms with Crippen LogP contribution >= 0.6 is 23.2 Å². The Morgan fingerprint density at radius 1 is 1.24 bits per heavy atom. The summed E-state index contributed by atoms with van der Waals surface area (Å²) in [6.07, 6.45) is 0. The maximum absolute atomic E-state index is 6.04. The summed E-state index contributed by atoms with van der Waals surface area (Å²) in [5, 5.41) is 4.94. The molecule has 0 bridgehead atoms. The number of benzene rings is 1. The Hall–Kier alpha value is -0.440. The van der Waals surface area contributed by atoms with E-state index in [2.05, 4.69) is 24.1 Å². The van der Waals surface area contributed by atoms with Gasteiger partial charge in [-0.2, -0.15) is 0 Å². The van der Waals surface area contributed by atoms with E-state index >= 15 is 0 Å². The van der Waals surface area contributed by atoms with Crippen LogP contribution in [0.5, 0.6) is 0 Å². The Kier molecular flexibility index (Phi) is 4.18. The molecule has 0 aliphatic carbocycles. The van der Waals surface area contributed by atoms with Crippen molar-refractivity contribution in [3.63, 3.8) is 0 Å². The normalized spacial score (nSPS) is 21.0. The molecule has 1 atom stereocenters. The van der Waals surface area contributed by atoms with Crippen LogP contribution in [-0.4, -0.2) is 25.7 Å². The molecule has 1 unspecified atom stereocenters. The van der Waals surface area contributed by atoms with Crippen LogP contribution in [0.25, 0.3) is 0 Å². The minimum absolute atomic E-state index is 0.529. The summed E-state index contributed by atoms with van der Waals surface area (Å²) in [6.45, 7) is 7.50. The molecule has 1 aliphatic heterocycles. The van der Waals surface area contributed by atoms with Gasteiger partial charge in [0.25, 0.3) is 0 Å². The van der Waals surface area contributed by atoms with Crippen molar-refractivity contribution in [3.8, 4) is 0 Å². The van der Waals surface area contributed by atoms with Crippen molar-refractivity contribution in [3.05, 3.63) is 28.2 Å². The lowest BCUT2D eigenvalue weighted by atomic mass is 10.0. The second kappa shape index (κ2) is 5.47. The summed E-state index contributed by atoms with van der Waals surface area (Å²) < 4.78 is 0. The molecule has 17 heavy (non-hydrogen) atoms. The maximum atomic E-state index is 6.04. The van der Waals surface area contributed by atoms with Crippen LogP contribution in [0.1, 0.15) is 13.8 Å². The molecule has 1 aromatic carbocycles. The Morgan fingerprint density at radius 3 is 2.47 bits per heavy atom. The van der Waals surface area contributed by atoms with Crippen molar-refractivity contribution in [2.45, 2.75) is 19.9 Å². The molecule has 1 fully saturated rings. The summed E-state index contributed by atoms with van der Waals surface area (Å²) in [7, 11) is 0. The fraction of sp³-hybridized carbons (Fsp3) is 0.538. The van der Waals surface area contributed by atoms with Crippen LogP contribution < -0.4 is 10.2 Å². The summed E-state index contributed by atoms with van der Waals surface area (Å²) in [5.41, 5.74) is 1.12. The molecule has 0 saturated carbocycles. The molecular weight excluding hydrogens is 255 g/mol. The van der Waals surface area contributed by atoms with E-state index in [0.717, 1.165) is 25.3 Å². The molecule has 0 spiro atoms. The van der Waals surface area contributed by atoms with Gasteiger partial charge in [0.05, 0.1) is 0 Å². The van der Waals surface area contributed by atoms with Gasteiger partial charge in [-0.15, -0.1) is 0 Å². The SMILES string of the molecule is CC(C)C1CN(c2cc(Cl)cc(Cl)c2)CCN1. The zero-order valence-corrected chi connectivity index (χ0v) is 11.7. The van der Waals surface area contributed by atoms with Crippen molar-refractivity contribution < 1.29 is 0 Å². The quantitative estimate of drug-likeness (QED) is 0.888. The fourth-order valence-electron chi connectivity index (χ4n) is 2.18. The first-order valence-electron chi connectivity index (χ1n) is 6.00. The monoisotopic (exact) mass is 272 g/mol. The molecule has 1 aromatic rings. The minimum Gasteiger partial charge on any atom is -0.369 e. The summed E-state index contributed by atoms with van der Waals surface area (Å²) >= 11 is 12.1. The lowest BCUT2D eigenvalue weighted by Gasteiger charge is -2.37. The van der Waals surface area contributed by atoms with Crippen LogP contribution in [0.3, 0.4) is 0 Å². The third kappa shape index (κ3) is 3.27. The van der Waals surface area contributed by atoms with Gasteiger partial charge < -0.3 is 10.2 Å². The van der Waals surface area contributed by atoms with Crippen molar-refractivity contribution in [2.24, 2.45) is 5.92 Å². The van der Waals surface area contributed by atoms with Gasteiger partial charge in [0.1, 0.15) is 0 Å². The predicted octanol–water partition coefficient (Wildman–Crippen LogP) is 3.43. The van der Waals surface area contributed by atoms with E-state index in [1.807, 2.05) is 12.1 Å². The van der Waals surface area contributed by atoms with Crippen molar-refractivity contribution >= 4 is 28.9 Å². The van der Waals surface area contributed by atoms with Gasteiger partial charge in [-0.25, -0.2) is 0 Å². The molecule has 0 radical (unpaired) electrons. The molecule has 1 saturated heterocycles. The van der Waals surface area contributed by atoms with Gasteiger partial charge in [-0.1, -0.05) is 37.0 Å². The van der Waals surface area contributed by atoms with Crippen LogP contribution in [0, 0.1) is 5.92 Å². The maximum Gasteiger partial charge on any atom is 0.0441 e. The highest BCUT2D eigenvalue weighted by Gasteiger charge is 2.22. The first-order chi connectivity index (χ1) is 8.06. The fourth-order valence-corrected chi connectivity index (χ4v) is 2.70. The topological polar surface area (TPSA) is 15.3 Å². The Morgan fingerprint density at radius 2 is 1.88 bits per heavy atom. The second-order valence-corrected chi connectivity index (χ2v) is 5.75. The number of nitrogens with zero attached hydrogens (tertiary/aromatic N) is 1. The van der Waals surface area contributed by atoms with Crippen LogP contribution in [0.15, 0.2) is 18.2 Å². The zero-order valence-electron chi connectivity index (χ0n) is 10.2. The number of halogens is 2. The second-order valence-electron chi connectivity index (χ2n) is 4.88. The summed E-state index contributed by atoms with van der Waals surface area (Å²) in [5.74, 6) is 0.632. The van der Waals surface area contributed by atoms with E-state index in [0.29, 0.717) is 22.0 Å². The molecule has 1 heterocycles. The van der Waals surface area contributed by atoms with Crippen LogP contribution in [0.2, 0.25) is 10.0 Å². The highest BCUT2D eigenvalue weighted by molar-refractivity contribution is 6.35. The predicted molar refractivity (Wildman–Crippen MR) is 75.3 cm³/mol. The molecule has 2 nitrogen and oxygen atoms in total. The van der Waals surface area contributed by atoms with E-state index in [9.17, 15) is 0 Å². The number of hydrogen-bond donors (Lipinski definition) is 1. The van der Waals surface area contributed by atoms with Crippen LogP contribution in [-0.2, 0) is 0 Å². The smallest absolute Gasteiger partial charge is 0.0441 e. The average molecular weight is 273 g/mol. The lowest BCUT2D eigenvalue weighted by Crippen LogP contribution is -2.53. The molecular formula is C13H18Cl2N2. The largest absolute Gasteiger partial charge is 0.369 e. The van der Waals surface area contributed by atoms with Gasteiger partial charge in [-0.05, 0) is 24.1 Å². The molecule has 0 aromatic heterocycles. The van der Waals surface area contributed by atoms with E-state index in [-0.39, 0.29) is 0 Å². The number of hydrogen-bond acceptors (Lipinski definition) is 2. The zero-order chi connectivity index (χ0) is 12.4. The van der Waals surface area contributed by atoms with E-state index in [1.165, 1.54) is 0 Å². The van der Waals surface area contributed by atoms with Crippen LogP contribution in [0.4, 0.5) is 5.69 Å². The molecule has 1 aliphatic rings. The third-order valence-corrected chi connectivity index (χ3v) is 3.66. The summed E-state index contributed by atoms with van der Waals surface area (Å²) in [6, 6.07) is 6.27. The van der Waals surface area contributed by atoms with E-state index < -0.39 is 0 Å². The first kappa shape index (κ1) is 13.0. The molecule has 4 heteroatoms. The third-order valence-electron chi connectivity index (χ3n) is 3.22. The number of nitrogens with one attached hydrogen (secondary N) is 1. The lowest BCUT2D eigenvalue weighted by molar-refractivity contribution is 0.368. The summed E-state index contributed by atoms with van der Waals surface area (Å²) in [4.78, 5) is 2.35. The van der Waals surface area contributed by atoms with Gasteiger partial charge in [0.15, 0.2) is 0 Å². The van der Waals surface area contributed by atoms with Crippen molar-refractivity contribution in [1.29, 1.82) is 0 Å². The molecule has 2 rings (SSSR count). The van der Waals surface area contributed by atoms with Crippen molar-refractivity contribution in [2.75, 3.05) is 24.5 Å². The average Bonchev–Trinajstić information content (AvgIpc) is 2.28. The molecule has 0 amide bonds. The first-order valence-corrected chi connectivity index (χ1v) is 6.76. The molecule has 94 valence electrons. The number of anilines is 1. The Bertz CT molecular complexity index is 373.